The minimum absolute atomic E-state index is 0. The van der Waals surface area contributed by atoms with Gasteiger partial charge in [-0.3, -0.25) is 4.99 Å². The number of guanidine groups is 1. The monoisotopic (exact) mass is 534 g/mol. The van der Waals surface area contributed by atoms with Crippen LogP contribution in [0, 0.1) is 5.92 Å². The first-order valence-corrected chi connectivity index (χ1v) is 10.2. The molecule has 7 nitrogen and oxygen atoms in total. The van der Waals surface area contributed by atoms with Crippen molar-refractivity contribution in [2.75, 3.05) is 13.7 Å². The molecule has 2 aromatic heterocycles. The number of hydrogen-bond acceptors (Lipinski definition) is 4. The topological polar surface area (TPSA) is 76.4 Å². The first-order valence-electron chi connectivity index (χ1n) is 10.2. The van der Waals surface area contributed by atoms with Crippen LogP contribution in [0.2, 0.25) is 0 Å². The molecule has 0 aliphatic rings. The van der Waals surface area contributed by atoms with Gasteiger partial charge in [0.15, 0.2) is 11.8 Å². The van der Waals surface area contributed by atoms with Gasteiger partial charge in [-0.05, 0) is 54.3 Å². The number of hydrogen-bond donors (Lipinski definition) is 2. The van der Waals surface area contributed by atoms with E-state index in [1.807, 2.05) is 36.5 Å². The van der Waals surface area contributed by atoms with E-state index in [0.29, 0.717) is 12.5 Å². The van der Waals surface area contributed by atoms with Crippen LogP contribution < -0.4 is 15.4 Å². The first kappa shape index (κ1) is 24.6. The lowest BCUT2D eigenvalue weighted by atomic mass is 10.1. The van der Waals surface area contributed by atoms with Crippen LogP contribution in [0.3, 0.4) is 0 Å². The van der Waals surface area contributed by atoms with E-state index in [-0.39, 0.29) is 30.0 Å². The zero-order chi connectivity index (χ0) is 21.3. The second-order valence-corrected chi connectivity index (χ2v) is 7.54. The minimum Gasteiger partial charge on any atom is -0.493 e. The maximum absolute atomic E-state index is 5.76. The van der Waals surface area contributed by atoms with Crippen LogP contribution in [0.15, 0.2) is 66.0 Å². The average Bonchev–Trinajstić information content (AvgIpc) is 3.30. The average molecular weight is 534 g/mol. The molecule has 0 radical (unpaired) electrons. The van der Waals surface area contributed by atoms with Crippen molar-refractivity contribution in [2.24, 2.45) is 10.9 Å². The molecule has 1 aromatic carbocycles. The predicted octanol–water partition coefficient (Wildman–Crippen LogP) is 4.35. The lowest BCUT2D eigenvalue weighted by Gasteiger charge is -2.19. The van der Waals surface area contributed by atoms with Crippen LogP contribution >= 0.6 is 24.0 Å². The second kappa shape index (κ2) is 12.3. The molecule has 0 spiro atoms. The molecule has 0 aliphatic heterocycles. The van der Waals surface area contributed by atoms with E-state index < -0.39 is 0 Å². The highest BCUT2D eigenvalue weighted by atomic mass is 127. The van der Waals surface area contributed by atoms with Gasteiger partial charge in [0.2, 0.25) is 0 Å². The van der Waals surface area contributed by atoms with Crippen molar-refractivity contribution in [2.45, 2.75) is 33.4 Å². The molecular formula is C23H31IN6O. The largest absolute Gasteiger partial charge is 0.493 e. The Bertz CT molecular complexity index is 941. The molecule has 1 unspecified atom stereocenters. The molecule has 0 saturated carbocycles. The quantitative estimate of drug-likeness (QED) is 0.256. The number of nitrogens with one attached hydrogen (secondary N) is 2. The van der Waals surface area contributed by atoms with Crippen molar-refractivity contribution in [1.29, 1.82) is 0 Å². The first-order chi connectivity index (χ1) is 14.5. The summed E-state index contributed by atoms with van der Waals surface area (Å²) in [5.74, 6) is 2.93. The fourth-order valence-corrected chi connectivity index (χ4v) is 2.88. The van der Waals surface area contributed by atoms with Gasteiger partial charge in [0.05, 0.1) is 12.6 Å². The number of nitrogens with zero attached hydrogens (tertiary/aromatic N) is 4. The molecule has 0 amide bonds. The van der Waals surface area contributed by atoms with Gasteiger partial charge in [-0.15, -0.1) is 24.0 Å². The summed E-state index contributed by atoms with van der Waals surface area (Å²) in [5, 5.41) is 11.0. The third-order valence-electron chi connectivity index (χ3n) is 4.55. The number of aromatic nitrogens is 3. The highest BCUT2D eigenvalue weighted by Gasteiger charge is 2.09. The standard InChI is InChI=1S/C23H30N6O.HI/c1-17(2)16-30-21-8-6-20(7-9-21)18(3)28-23(24-4)26-15-19-10-12-25-22(14-19)29-13-5-11-27-29;/h5-14,17-18H,15-16H2,1-4H3,(H2,24,26,28);1H. The lowest BCUT2D eigenvalue weighted by molar-refractivity contribution is 0.271. The Morgan fingerprint density at radius 1 is 1.13 bits per heavy atom. The van der Waals surface area contributed by atoms with Gasteiger partial charge in [-0.25, -0.2) is 9.67 Å². The van der Waals surface area contributed by atoms with E-state index in [9.17, 15) is 0 Å². The summed E-state index contributed by atoms with van der Waals surface area (Å²) in [6, 6.07) is 14.2. The fourth-order valence-electron chi connectivity index (χ4n) is 2.88. The van der Waals surface area contributed by atoms with Gasteiger partial charge in [0, 0.05) is 32.2 Å². The molecular weight excluding hydrogens is 503 g/mol. The molecule has 31 heavy (non-hydrogen) atoms. The van der Waals surface area contributed by atoms with E-state index >= 15 is 0 Å². The van der Waals surface area contributed by atoms with Crippen molar-refractivity contribution >= 4 is 29.9 Å². The van der Waals surface area contributed by atoms with Gasteiger partial charge in [0.25, 0.3) is 0 Å². The van der Waals surface area contributed by atoms with Crippen LogP contribution in [-0.2, 0) is 6.54 Å². The number of ether oxygens (including phenoxy) is 1. The molecule has 3 rings (SSSR count). The maximum Gasteiger partial charge on any atom is 0.191 e. The molecule has 166 valence electrons. The molecule has 0 fully saturated rings. The number of halogens is 1. The lowest BCUT2D eigenvalue weighted by Crippen LogP contribution is -2.38. The van der Waals surface area contributed by atoms with E-state index in [2.05, 4.69) is 58.6 Å². The highest BCUT2D eigenvalue weighted by molar-refractivity contribution is 14.0. The summed E-state index contributed by atoms with van der Waals surface area (Å²) < 4.78 is 7.50. The zero-order valence-electron chi connectivity index (χ0n) is 18.4. The number of pyridine rings is 1. The van der Waals surface area contributed by atoms with Crippen LogP contribution in [0.4, 0.5) is 0 Å². The molecule has 0 saturated heterocycles. The van der Waals surface area contributed by atoms with Gasteiger partial charge < -0.3 is 15.4 Å². The SMILES string of the molecule is CN=C(NCc1ccnc(-n2cccn2)c1)NC(C)c1ccc(OCC(C)C)cc1.I. The van der Waals surface area contributed by atoms with Crippen molar-refractivity contribution in [3.8, 4) is 11.6 Å². The Hall–Kier alpha value is -2.62. The number of benzene rings is 1. The molecule has 3 aromatic rings. The fraction of sp³-hybridized carbons (Fsp3) is 0.348. The Balaban J connectivity index is 0.00000341. The summed E-state index contributed by atoms with van der Waals surface area (Å²) in [5.41, 5.74) is 2.26. The summed E-state index contributed by atoms with van der Waals surface area (Å²) in [6.45, 7) is 7.75. The van der Waals surface area contributed by atoms with Crippen LogP contribution in [-0.4, -0.2) is 34.4 Å². The summed E-state index contributed by atoms with van der Waals surface area (Å²) >= 11 is 0. The van der Waals surface area contributed by atoms with Gasteiger partial charge in [-0.2, -0.15) is 5.10 Å². The summed E-state index contributed by atoms with van der Waals surface area (Å²) in [4.78, 5) is 8.71. The van der Waals surface area contributed by atoms with Gasteiger partial charge in [0.1, 0.15) is 5.75 Å². The number of rotatable bonds is 8. The van der Waals surface area contributed by atoms with Gasteiger partial charge >= 0.3 is 0 Å². The van der Waals surface area contributed by atoms with Crippen molar-refractivity contribution < 1.29 is 4.74 Å². The van der Waals surface area contributed by atoms with Crippen molar-refractivity contribution in [1.82, 2.24) is 25.4 Å². The third kappa shape index (κ3) is 7.54. The smallest absolute Gasteiger partial charge is 0.191 e. The summed E-state index contributed by atoms with van der Waals surface area (Å²) in [6.07, 6.45) is 5.40. The van der Waals surface area contributed by atoms with Gasteiger partial charge in [-0.1, -0.05) is 26.0 Å². The normalized spacial score (nSPS) is 12.2. The molecule has 0 aliphatic carbocycles. The zero-order valence-corrected chi connectivity index (χ0v) is 20.8. The van der Waals surface area contributed by atoms with E-state index in [1.165, 1.54) is 5.56 Å². The van der Waals surface area contributed by atoms with Crippen molar-refractivity contribution in [3.05, 3.63) is 72.2 Å². The molecule has 2 N–H and O–H groups in total. The van der Waals surface area contributed by atoms with E-state index in [4.69, 9.17) is 4.74 Å². The van der Waals surface area contributed by atoms with E-state index in [0.717, 1.165) is 29.7 Å². The Labute approximate surface area is 201 Å². The number of aliphatic imine (C=N–C) groups is 1. The highest BCUT2D eigenvalue weighted by Crippen LogP contribution is 2.18. The second-order valence-electron chi connectivity index (χ2n) is 7.54. The van der Waals surface area contributed by atoms with Crippen molar-refractivity contribution in [3.63, 3.8) is 0 Å². The molecule has 1 atom stereocenters. The summed E-state index contributed by atoms with van der Waals surface area (Å²) in [7, 11) is 1.77. The Morgan fingerprint density at radius 3 is 2.55 bits per heavy atom. The predicted molar refractivity (Wildman–Crippen MR) is 135 cm³/mol. The maximum atomic E-state index is 5.76. The van der Waals surface area contributed by atoms with Crippen LogP contribution in [0.1, 0.15) is 37.9 Å². The van der Waals surface area contributed by atoms with Crippen LogP contribution in [0.25, 0.3) is 5.82 Å². The van der Waals surface area contributed by atoms with Crippen LogP contribution in [0.5, 0.6) is 5.75 Å². The Kier molecular flexibility index (Phi) is 9.77. The third-order valence-corrected chi connectivity index (χ3v) is 4.55. The molecule has 0 bridgehead atoms. The minimum atomic E-state index is 0. The Morgan fingerprint density at radius 2 is 1.90 bits per heavy atom. The van der Waals surface area contributed by atoms with E-state index in [1.54, 1.807) is 24.1 Å². The molecule has 2 heterocycles. The molecule has 8 heteroatoms.